The minimum Gasteiger partial charge on any atom is -0.493 e. The highest BCUT2D eigenvalue weighted by Crippen LogP contribution is 2.38. The Morgan fingerprint density at radius 2 is 1.79 bits per heavy atom. The number of nitrogens with zero attached hydrogens (tertiary/aromatic N) is 2. The quantitative estimate of drug-likeness (QED) is 0.593. The monoisotopic (exact) mass is 319 g/mol. The van der Waals surface area contributed by atoms with Gasteiger partial charge in [0.25, 0.3) is 0 Å². The van der Waals surface area contributed by atoms with Crippen LogP contribution in [0.25, 0.3) is 22.2 Å². The van der Waals surface area contributed by atoms with E-state index in [2.05, 4.69) is 15.9 Å². The zero-order valence-electron chi connectivity index (χ0n) is 13.8. The van der Waals surface area contributed by atoms with Gasteiger partial charge in [0.05, 0.1) is 25.4 Å². The van der Waals surface area contributed by atoms with Crippen molar-refractivity contribution in [1.29, 1.82) is 0 Å². The van der Waals surface area contributed by atoms with E-state index in [0.29, 0.717) is 28.4 Å². The molecular formula is C19H17N3O2. The van der Waals surface area contributed by atoms with Crippen molar-refractivity contribution in [3.05, 3.63) is 41.7 Å². The highest BCUT2D eigenvalue weighted by atomic mass is 16.5. The van der Waals surface area contributed by atoms with Crippen LogP contribution in [0.5, 0.6) is 11.5 Å². The summed E-state index contributed by atoms with van der Waals surface area (Å²) in [7, 11) is 3.17. The molecule has 0 saturated carbocycles. The summed E-state index contributed by atoms with van der Waals surface area (Å²) in [6, 6.07) is 7.42. The van der Waals surface area contributed by atoms with Crippen molar-refractivity contribution in [3.63, 3.8) is 0 Å². The first-order chi connectivity index (χ1) is 11.6. The van der Waals surface area contributed by atoms with E-state index in [9.17, 15) is 0 Å². The number of terminal acetylenes is 1. The molecule has 3 rings (SSSR count). The normalized spacial score (nSPS) is 10.4. The fraction of sp³-hybridized carbons (Fsp3) is 0.158. The lowest BCUT2D eigenvalue weighted by molar-refractivity contribution is 0.356. The van der Waals surface area contributed by atoms with E-state index in [-0.39, 0.29) is 0 Å². The molecule has 1 aromatic heterocycles. The third-order valence-corrected chi connectivity index (χ3v) is 4.00. The van der Waals surface area contributed by atoms with Crippen molar-refractivity contribution >= 4 is 16.6 Å². The third kappa shape index (κ3) is 2.38. The van der Waals surface area contributed by atoms with Crippen LogP contribution in [0, 0.1) is 19.3 Å². The van der Waals surface area contributed by atoms with Gasteiger partial charge in [-0.15, -0.1) is 6.42 Å². The van der Waals surface area contributed by atoms with Gasteiger partial charge < -0.3 is 15.2 Å². The molecule has 0 fully saturated rings. The predicted octanol–water partition coefficient (Wildman–Crippen LogP) is 3.19. The summed E-state index contributed by atoms with van der Waals surface area (Å²) in [6.07, 6.45) is 7.15. The van der Waals surface area contributed by atoms with E-state index < -0.39 is 0 Å². The fourth-order valence-corrected chi connectivity index (χ4v) is 2.68. The van der Waals surface area contributed by atoms with Crippen molar-refractivity contribution in [2.45, 2.75) is 6.92 Å². The van der Waals surface area contributed by atoms with Crippen LogP contribution in [0.1, 0.15) is 11.1 Å². The number of nitrogens with two attached hydrogens (primary N) is 1. The highest BCUT2D eigenvalue weighted by Gasteiger charge is 2.17. The Morgan fingerprint density at radius 3 is 2.46 bits per heavy atom. The molecule has 3 aromatic rings. The number of anilines is 1. The van der Waals surface area contributed by atoms with Crippen molar-refractivity contribution in [2.75, 3.05) is 20.0 Å². The molecule has 5 nitrogen and oxygen atoms in total. The molecule has 120 valence electrons. The lowest BCUT2D eigenvalue weighted by atomic mass is 9.96. The van der Waals surface area contributed by atoms with E-state index in [1.165, 1.54) is 6.33 Å². The van der Waals surface area contributed by atoms with Crippen molar-refractivity contribution in [1.82, 2.24) is 9.97 Å². The number of aromatic nitrogens is 2. The summed E-state index contributed by atoms with van der Waals surface area (Å²) in [5.41, 5.74) is 10.7. The maximum Gasteiger partial charge on any atom is 0.162 e. The summed E-state index contributed by atoms with van der Waals surface area (Å²) < 4.78 is 10.7. The molecule has 2 N–H and O–H groups in total. The van der Waals surface area contributed by atoms with Crippen LogP contribution in [-0.4, -0.2) is 24.2 Å². The number of ether oxygens (including phenoxy) is 2. The van der Waals surface area contributed by atoms with E-state index in [0.717, 1.165) is 22.0 Å². The Labute approximate surface area is 140 Å². The Kier molecular flexibility index (Phi) is 3.97. The van der Waals surface area contributed by atoms with Gasteiger partial charge in [0.2, 0.25) is 0 Å². The van der Waals surface area contributed by atoms with Gasteiger partial charge in [-0.3, -0.25) is 0 Å². The number of hydrogen-bond donors (Lipinski definition) is 1. The summed E-state index contributed by atoms with van der Waals surface area (Å²) in [5, 5.41) is 0.795. The van der Waals surface area contributed by atoms with Crippen LogP contribution in [-0.2, 0) is 0 Å². The van der Waals surface area contributed by atoms with Crippen molar-refractivity contribution in [2.24, 2.45) is 0 Å². The van der Waals surface area contributed by atoms with Gasteiger partial charge in [0, 0.05) is 28.3 Å². The molecule has 0 saturated heterocycles. The standard InChI is InChI=1S/C19H17N3O2/c1-5-12-7-6-11(2)18(20)17(12)19-13-8-15(23-3)16(24-4)9-14(13)21-10-22-19/h1,6-10H,20H2,2-4H3. The minimum atomic E-state index is 0.592. The lowest BCUT2D eigenvalue weighted by Gasteiger charge is -2.14. The molecule has 0 aliphatic rings. The van der Waals surface area contributed by atoms with Gasteiger partial charge in [-0.2, -0.15) is 0 Å². The first-order valence-electron chi connectivity index (χ1n) is 7.33. The molecule has 1 heterocycles. The van der Waals surface area contributed by atoms with Gasteiger partial charge in [-0.05, 0) is 24.6 Å². The Bertz CT molecular complexity index is 974. The molecule has 0 spiro atoms. The minimum absolute atomic E-state index is 0.592. The molecule has 0 atom stereocenters. The number of fused-ring (bicyclic) bond motifs is 1. The molecule has 5 heteroatoms. The number of nitrogen functional groups attached to an aromatic ring is 1. The molecule has 2 aromatic carbocycles. The van der Waals surface area contributed by atoms with Gasteiger partial charge in [-0.25, -0.2) is 9.97 Å². The average molecular weight is 319 g/mol. The summed E-state index contributed by atoms with van der Waals surface area (Å²) in [5.74, 6) is 3.87. The number of methoxy groups -OCH3 is 2. The van der Waals surface area contributed by atoms with Gasteiger partial charge in [0.1, 0.15) is 6.33 Å². The molecule has 0 aliphatic carbocycles. The number of benzene rings is 2. The number of rotatable bonds is 3. The van der Waals surface area contributed by atoms with Crippen LogP contribution < -0.4 is 15.2 Å². The van der Waals surface area contributed by atoms with Crippen LogP contribution in [0.2, 0.25) is 0 Å². The lowest BCUT2D eigenvalue weighted by Crippen LogP contribution is -2.00. The Morgan fingerprint density at radius 1 is 1.08 bits per heavy atom. The molecule has 0 bridgehead atoms. The molecule has 0 amide bonds. The smallest absolute Gasteiger partial charge is 0.162 e. The molecule has 0 unspecified atom stereocenters. The number of hydrogen-bond acceptors (Lipinski definition) is 5. The summed E-state index contributed by atoms with van der Waals surface area (Å²) in [6.45, 7) is 1.94. The van der Waals surface area contributed by atoms with Gasteiger partial charge in [-0.1, -0.05) is 12.0 Å². The SMILES string of the molecule is C#Cc1ccc(C)c(N)c1-c1ncnc2cc(OC)c(OC)cc12. The van der Waals surface area contributed by atoms with Crippen LogP contribution in [0.3, 0.4) is 0 Å². The van der Waals surface area contributed by atoms with E-state index in [1.807, 2.05) is 25.1 Å². The maximum atomic E-state index is 6.30. The van der Waals surface area contributed by atoms with E-state index >= 15 is 0 Å². The number of aryl methyl sites for hydroxylation is 1. The first-order valence-corrected chi connectivity index (χ1v) is 7.33. The fourth-order valence-electron chi connectivity index (χ4n) is 2.68. The van der Waals surface area contributed by atoms with Crippen LogP contribution in [0.4, 0.5) is 5.69 Å². The van der Waals surface area contributed by atoms with Gasteiger partial charge >= 0.3 is 0 Å². The summed E-state index contributed by atoms with van der Waals surface area (Å²) >= 11 is 0. The average Bonchev–Trinajstić information content (AvgIpc) is 2.62. The maximum absolute atomic E-state index is 6.30. The highest BCUT2D eigenvalue weighted by molar-refractivity contribution is 5.99. The zero-order valence-corrected chi connectivity index (χ0v) is 13.8. The largest absolute Gasteiger partial charge is 0.493 e. The zero-order chi connectivity index (χ0) is 17.3. The molecule has 24 heavy (non-hydrogen) atoms. The second-order valence-electron chi connectivity index (χ2n) is 5.31. The molecule has 0 radical (unpaired) electrons. The predicted molar refractivity (Wildman–Crippen MR) is 95.2 cm³/mol. The van der Waals surface area contributed by atoms with Crippen molar-refractivity contribution < 1.29 is 9.47 Å². The third-order valence-electron chi connectivity index (χ3n) is 4.00. The molecular weight excluding hydrogens is 302 g/mol. The van der Waals surface area contributed by atoms with E-state index in [4.69, 9.17) is 21.6 Å². The second kappa shape index (κ2) is 6.09. The topological polar surface area (TPSA) is 70.3 Å². The molecule has 0 aliphatic heterocycles. The van der Waals surface area contributed by atoms with Crippen molar-refractivity contribution in [3.8, 4) is 35.1 Å². The van der Waals surface area contributed by atoms with E-state index in [1.54, 1.807) is 20.3 Å². The second-order valence-corrected chi connectivity index (χ2v) is 5.31. The van der Waals surface area contributed by atoms with Crippen LogP contribution >= 0.6 is 0 Å². The van der Waals surface area contributed by atoms with Gasteiger partial charge in [0.15, 0.2) is 11.5 Å². The Balaban J connectivity index is 2.40. The summed E-state index contributed by atoms with van der Waals surface area (Å²) in [4.78, 5) is 8.76. The van der Waals surface area contributed by atoms with Crippen LogP contribution in [0.15, 0.2) is 30.6 Å². The first kappa shape index (κ1) is 15.6. The Hall–Kier alpha value is -3.26.